The lowest BCUT2D eigenvalue weighted by Crippen LogP contribution is -2.37. The van der Waals surface area contributed by atoms with Crippen molar-refractivity contribution in [3.63, 3.8) is 0 Å². The Morgan fingerprint density at radius 3 is 2.63 bits per heavy atom. The Balaban J connectivity index is 1.90. The summed E-state index contributed by atoms with van der Waals surface area (Å²) in [7, 11) is 0. The first-order valence-corrected chi connectivity index (χ1v) is 9.87. The van der Waals surface area contributed by atoms with Crippen LogP contribution in [0.15, 0.2) is 55.4 Å². The molecule has 2 heterocycles. The average molecular weight is 429 g/mol. The second kappa shape index (κ2) is 9.47. The molecule has 30 heavy (non-hydrogen) atoms. The van der Waals surface area contributed by atoms with Crippen LogP contribution in [0.5, 0.6) is 0 Å². The number of benzene rings is 1. The standard InChI is InChI=1S/C21H20FN3O4S/c1-2-7-25(21(28)29)11-16(14-5-3-13(12-26)4-6-14)20(27)24-19-8-15-17(22)9-23-10-18(15)30-19/h2-6,8-10,16,26H,1,7,11-12H2,(H,24,27)(H,28,29). The molecule has 2 aromatic heterocycles. The van der Waals surface area contributed by atoms with E-state index in [1.807, 2.05) is 0 Å². The van der Waals surface area contributed by atoms with Crippen LogP contribution < -0.4 is 5.32 Å². The molecule has 2 amide bonds. The number of pyridine rings is 1. The lowest BCUT2D eigenvalue weighted by Gasteiger charge is -2.24. The van der Waals surface area contributed by atoms with Crippen LogP contribution in [-0.4, -0.2) is 45.2 Å². The van der Waals surface area contributed by atoms with Gasteiger partial charge in [0.05, 0.1) is 28.4 Å². The number of halogens is 1. The molecule has 7 nitrogen and oxygen atoms in total. The minimum absolute atomic E-state index is 0.0631. The average Bonchev–Trinajstić information content (AvgIpc) is 3.14. The summed E-state index contributed by atoms with van der Waals surface area (Å²) in [6, 6.07) is 8.24. The largest absolute Gasteiger partial charge is 0.465 e. The van der Waals surface area contributed by atoms with Crippen molar-refractivity contribution in [1.29, 1.82) is 0 Å². The fourth-order valence-corrected chi connectivity index (χ4v) is 3.95. The number of carbonyl (C=O) groups excluding carboxylic acids is 1. The number of rotatable bonds is 8. The molecule has 0 bridgehead atoms. The van der Waals surface area contributed by atoms with Gasteiger partial charge < -0.3 is 20.4 Å². The molecule has 0 saturated heterocycles. The van der Waals surface area contributed by atoms with Crippen molar-refractivity contribution in [2.24, 2.45) is 0 Å². The van der Waals surface area contributed by atoms with Gasteiger partial charge in [-0.1, -0.05) is 30.3 Å². The van der Waals surface area contributed by atoms with Crippen LogP contribution >= 0.6 is 11.3 Å². The highest BCUT2D eigenvalue weighted by atomic mass is 32.1. The van der Waals surface area contributed by atoms with Crippen molar-refractivity contribution in [1.82, 2.24) is 9.88 Å². The number of aromatic nitrogens is 1. The number of amides is 2. The third-order valence-electron chi connectivity index (χ3n) is 4.55. The fraction of sp³-hybridized carbons (Fsp3) is 0.190. The Hall–Kier alpha value is -3.30. The fourth-order valence-electron chi connectivity index (χ4n) is 3.00. The monoisotopic (exact) mass is 429 g/mol. The molecule has 1 atom stereocenters. The van der Waals surface area contributed by atoms with Gasteiger partial charge in [-0.25, -0.2) is 9.18 Å². The highest BCUT2D eigenvalue weighted by Crippen LogP contribution is 2.31. The molecule has 3 N–H and O–H groups in total. The molecule has 0 aliphatic rings. The number of thiophene rings is 1. The lowest BCUT2D eigenvalue weighted by atomic mass is 9.96. The lowest BCUT2D eigenvalue weighted by molar-refractivity contribution is -0.117. The molecule has 0 saturated carbocycles. The van der Waals surface area contributed by atoms with Gasteiger partial charge in [0.1, 0.15) is 5.82 Å². The molecule has 1 aromatic carbocycles. The number of nitrogens with zero attached hydrogens (tertiary/aromatic N) is 2. The first-order valence-electron chi connectivity index (χ1n) is 9.05. The van der Waals surface area contributed by atoms with Crippen LogP contribution in [0.2, 0.25) is 0 Å². The van der Waals surface area contributed by atoms with Crippen molar-refractivity contribution < 1.29 is 24.2 Å². The van der Waals surface area contributed by atoms with E-state index in [9.17, 15) is 24.2 Å². The van der Waals surface area contributed by atoms with E-state index in [4.69, 9.17) is 0 Å². The van der Waals surface area contributed by atoms with Crippen LogP contribution in [-0.2, 0) is 11.4 Å². The Morgan fingerprint density at radius 2 is 2.03 bits per heavy atom. The summed E-state index contributed by atoms with van der Waals surface area (Å²) < 4.78 is 14.5. The van der Waals surface area contributed by atoms with E-state index in [0.29, 0.717) is 26.2 Å². The normalized spacial score (nSPS) is 11.8. The minimum atomic E-state index is -1.17. The molecular formula is C21H20FN3O4S. The molecule has 0 spiro atoms. The van der Waals surface area contributed by atoms with E-state index in [2.05, 4.69) is 16.9 Å². The second-order valence-electron chi connectivity index (χ2n) is 6.56. The quantitative estimate of drug-likeness (QED) is 0.473. The molecule has 0 aliphatic heterocycles. The third kappa shape index (κ3) is 4.81. The minimum Gasteiger partial charge on any atom is -0.465 e. The molecule has 0 fully saturated rings. The molecule has 1 unspecified atom stereocenters. The van der Waals surface area contributed by atoms with Gasteiger partial charge >= 0.3 is 6.09 Å². The van der Waals surface area contributed by atoms with E-state index in [1.165, 1.54) is 29.7 Å². The van der Waals surface area contributed by atoms with Crippen molar-refractivity contribution >= 4 is 38.4 Å². The number of nitrogens with one attached hydrogen (secondary N) is 1. The summed E-state index contributed by atoms with van der Waals surface area (Å²) in [5, 5.41) is 22.2. The third-order valence-corrected chi connectivity index (χ3v) is 5.53. The van der Waals surface area contributed by atoms with E-state index in [0.717, 1.165) is 11.1 Å². The van der Waals surface area contributed by atoms with Crippen molar-refractivity contribution in [3.8, 4) is 0 Å². The predicted octanol–water partition coefficient (Wildman–Crippen LogP) is 3.82. The van der Waals surface area contributed by atoms with Crippen molar-refractivity contribution in [3.05, 3.63) is 72.3 Å². The first kappa shape index (κ1) is 21.4. The van der Waals surface area contributed by atoms with E-state index >= 15 is 0 Å². The van der Waals surface area contributed by atoms with E-state index in [-0.39, 0.29) is 19.7 Å². The number of fused-ring (bicyclic) bond motifs is 1. The second-order valence-corrected chi connectivity index (χ2v) is 7.65. The number of aliphatic hydroxyl groups is 1. The van der Waals surface area contributed by atoms with Gasteiger partial charge in [-0.3, -0.25) is 9.78 Å². The number of carbonyl (C=O) groups is 2. The van der Waals surface area contributed by atoms with Gasteiger partial charge in [-0.05, 0) is 17.2 Å². The number of aliphatic hydroxyl groups excluding tert-OH is 1. The van der Waals surface area contributed by atoms with Gasteiger partial charge in [-0.2, -0.15) is 0 Å². The van der Waals surface area contributed by atoms with E-state index in [1.54, 1.807) is 24.3 Å². The van der Waals surface area contributed by atoms with Crippen LogP contribution in [0.3, 0.4) is 0 Å². The van der Waals surface area contributed by atoms with Crippen molar-refractivity contribution in [2.75, 3.05) is 18.4 Å². The number of hydrogen-bond acceptors (Lipinski definition) is 5. The number of carboxylic acid groups (broad SMARTS) is 1. The SMILES string of the molecule is C=CCN(CC(C(=O)Nc1cc2c(F)cncc2s1)c1ccc(CO)cc1)C(=O)O. The highest BCUT2D eigenvalue weighted by Gasteiger charge is 2.26. The topological polar surface area (TPSA) is 103 Å². The Labute approximate surface area is 176 Å². The maximum atomic E-state index is 13.9. The Bertz CT molecular complexity index is 1070. The van der Waals surface area contributed by atoms with E-state index < -0.39 is 23.7 Å². The molecule has 9 heteroatoms. The van der Waals surface area contributed by atoms with Crippen LogP contribution in [0.25, 0.3) is 10.1 Å². The zero-order chi connectivity index (χ0) is 21.7. The number of anilines is 1. The highest BCUT2D eigenvalue weighted by molar-refractivity contribution is 7.22. The number of hydrogen-bond donors (Lipinski definition) is 3. The van der Waals surface area contributed by atoms with Crippen LogP contribution in [0.4, 0.5) is 14.2 Å². The summed E-state index contributed by atoms with van der Waals surface area (Å²) in [6.45, 7) is 3.39. The predicted molar refractivity (Wildman–Crippen MR) is 113 cm³/mol. The van der Waals surface area contributed by atoms with Gasteiger partial charge in [0.25, 0.3) is 0 Å². The van der Waals surface area contributed by atoms with Crippen LogP contribution in [0.1, 0.15) is 17.0 Å². The summed E-state index contributed by atoms with van der Waals surface area (Å²) >= 11 is 1.18. The zero-order valence-corrected chi connectivity index (χ0v) is 16.7. The van der Waals surface area contributed by atoms with Gasteiger partial charge in [0.15, 0.2) is 0 Å². The molecule has 156 valence electrons. The van der Waals surface area contributed by atoms with Gasteiger partial charge in [0, 0.05) is 24.7 Å². The first-order chi connectivity index (χ1) is 14.4. The maximum absolute atomic E-state index is 13.9. The smallest absolute Gasteiger partial charge is 0.407 e. The summed E-state index contributed by atoms with van der Waals surface area (Å²) in [5.74, 6) is -1.73. The summed E-state index contributed by atoms with van der Waals surface area (Å²) in [6.07, 6.45) is 2.89. The van der Waals surface area contributed by atoms with Gasteiger partial charge in [0.2, 0.25) is 5.91 Å². The Kier molecular flexibility index (Phi) is 6.76. The summed E-state index contributed by atoms with van der Waals surface area (Å²) in [5.41, 5.74) is 1.26. The van der Waals surface area contributed by atoms with Gasteiger partial charge in [-0.15, -0.1) is 17.9 Å². The summed E-state index contributed by atoms with van der Waals surface area (Å²) in [4.78, 5) is 29.5. The van der Waals surface area contributed by atoms with Crippen molar-refractivity contribution in [2.45, 2.75) is 12.5 Å². The molecule has 0 aliphatic carbocycles. The molecule has 3 aromatic rings. The maximum Gasteiger partial charge on any atom is 0.407 e. The zero-order valence-electron chi connectivity index (χ0n) is 15.9. The Morgan fingerprint density at radius 1 is 1.30 bits per heavy atom. The molecule has 3 rings (SSSR count). The van der Waals surface area contributed by atoms with Crippen LogP contribution in [0, 0.1) is 5.82 Å². The molecular weight excluding hydrogens is 409 g/mol. The molecule has 0 radical (unpaired) electrons.